The SMILES string of the molecule is CCC(CN)N1CCN(C(=O)c2ccccc2O)CC1. The van der Waals surface area contributed by atoms with Crippen molar-refractivity contribution in [1.82, 2.24) is 9.80 Å². The number of carbonyl (C=O) groups excluding carboxylic acids is 1. The van der Waals surface area contributed by atoms with E-state index in [9.17, 15) is 9.90 Å². The summed E-state index contributed by atoms with van der Waals surface area (Å²) in [5.41, 5.74) is 6.15. The number of phenolic OH excluding ortho intramolecular Hbond substituents is 1. The van der Waals surface area contributed by atoms with Crippen molar-refractivity contribution < 1.29 is 9.90 Å². The van der Waals surface area contributed by atoms with Crippen LogP contribution in [0.5, 0.6) is 5.75 Å². The lowest BCUT2D eigenvalue weighted by Crippen LogP contribution is -2.53. The van der Waals surface area contributed by atoms with Crippen molar-refractivity contribution in [3.8, 4) is 5.75 Å². The molecule has 1 saturated heterocycles. The number of carbonyl (C=O) groups is 1. The average molecular weight is 277 g/mol. The molecule has 2 rings (SSSR count). The molecular weight excluding hydrogens is 254 g/mol. The van der Waals surface area contributed by atoms with E-state index in [0.717, 1.165) is 19.5 Å². The molecule has 3 N–H and O–H groups in total. The maximum absolute atomic E-state index is 12.4. The molecule has 0 bridgehead atoms. The zero-order valence-electron chi connectivity index (χ0n) is 12.0. The zero-order valence-corrected chi connectivity index (χ0v) is 12.0. The Bertz CT molecular complexity index is 452. The van der Waals surface area contributed by atoms with Crippen LogP contribution >= 0.6 is 0 Å². The van der Waals surface area contributed by atoms with Gasteiger partial charge in [0.25, 0.3) is 5.91 Å². The minimum atomic E-state index is -0.0939. The van der Waals surface area contributed by atoms with Crippen molar-refractivity contribution in [2.45, 2.75) is 19.4 Å². The van der Waals surface area contributed by atoms with Crippen molar-refractivity contribution in [3.05, 3.63) is 29.8 Å². The van der Waals surface area contributed by atoms with Crippen LogP contribution < -0.4 is 5.73 Å². The average Bonchev–Trinajstić information content (AvgIpc) is 2.49. The minimum absolute atomic E-state index is 0.0494. The molecule has 5 heteroatoms. The third kappa shape index (κ3) is 3.11. The third-order valence-electron chi connectivity index (χ3n) is 4.00. The van der Waals surface area contributed by atoms with Gasteiger partial charge in [0.05, 0.1) is 5.56 Å². The minimum Gasteiger partial charge on any atom is -0.507 e. The Morgan fingerprint density at radius 2 is 1.95 bits per heavy atom. The Morgan fingerprint density at radius 3 is 2.50 bits per heavy atom. The molecular formula is C15H23N3O2. The lowest BCUT2D eigenvalue weighted by molar-refractivity contribution is 0.0569. The van der Waals surface area contributed by atoms with Gasteiger partial charge < -0.3 is 15.7 Å². The van der Waals surface area contributed by atoms with Crippen molar-refractivity contribution in [2.24, 2.45) is 5.73 Å². The summed E-state index contributed by atoms with van der Waals surface area (Å²) in [6.07, 6.45) is 1.03. The van der Waals surface area contributed by atoms with Crippen LogP contribution in [-0.4, -0.2) is 59.6 Å². The number of rotatable bonds is 4. The first-order valence-electron chi connectivity index (χ1n) is 7.18. The topological polar surface area (TPSA) is 69.8 Å². The van der Waals surface area contributed by atoms with Crippen LogP contribution in [0.1, 0.15) is 23.7 Å². The summed E-state index contributed by atoms with van der Waals surface area (Å²) in [6.45, 7) is 5.85. The second-order valence-corrected chi connectivity index (χ2v) is 5.14. The second kappa shape index (κ2) is 6.72. The summed E-state index contributed by atoms with van der Waals surface area (Å²) in [7, 11) is 0. The number of amides is 1. The van der Waals surface area contributed by atoms with Gasteiger partial charge in [0.1, 0.15) is 5.75 Å². The fourth-order valence-corrected chi connectivity index (χ4v) is 2.69. The van der Waals surface area contributed by atoms with Crippen LogP contribution in [0, 0.1) is 0 Å². The summed E-state index contributed by atoms with van der Waals surface area (Å²) in [5.74, 6) is -0.0446. The first-order valence-corrected chi connectivity index (χ1v) is 7.18. The van der Waals surface area contributed by atoms with Crippen LogP contribution in [0.3, 0.4) is 0 Å². The summed E-state index contributed by atoms with van der Waals surface area (Å²) >= 11 is 0. The molecule has 1 fully saturated rings. The van der Waals surface area contributed by atoms with Gasteiger partial charge in [0, 0.05) is 38.8 Å². The van der Waals surface area contributed by atoms with E-state index >= 15 is 0 Å². The molecule has 5 nitrogen and oxygen atoms in total. The number of hydrogen-bond acceptors (Lipinski definition) is 4. The first-order chi connectivity index (χ1) is 9.67. The monoisotopic (exact) mass is 277 g/mol. The van der Waals surface area contributed by atoms with Crippen molar-refractivity contribution >= 4 is 5.91 Å². The van der Waals surface area contributed by atoms with Crippen molar-refractivity contribution in [2.75, 3.05) is 32.7 Å². The highest BCUT2D eigenvalue weighted by atomic mass is 16.3. The van der Waals surface area contributed by atoms with E-state index in [4.69, 9.17) is 5.73 Å². The standard InChI is InChI=1S/C15H23N3O2/c1-2-12(11-16)17-7-9-18(10-8-17)15(20)13-5-3-4-6-14(13)19/h3-6,12,19H,2,7-11,16H2,1H3. The van der Waals surface area contributed by atoms with E-state index in [2.05, 4.69) is 11.8 Å². The van der Waals surface area contributed by atoms with E-state index in [0.29, 0.717) is 31.2 Å². The predicted molar refractivity (Wildman–Crippen MR) is 78.7 cm³/mol. The summed E-state index contributed by atoms with van der Waals surface area (Å²) in [5, 5.41) is 9.75. The second-order valence-electron chi connectivity index (χ2n) is 5.14. The molecule has 0 spiro atoms. The molecule has 1 unspecified atom stereocenters. The highest BCUT2D eigenvalue weighted by Gasteiger charge is 2.26. The smallest absolute Gasteiger partial charge is 0.257 e. The molecule has 0 radical (unpaired) electrons. The van der Waals surface area contributed by atoms with E-state index < -0.39 is 0 Å². The third-order valence-corrected chi connectivity index (χ3v) is 4.00. The fourth-order valence-electron chi connectivity index (χ4n) is 2.69. The maximum atomic E-state index is 12.4. The molecule has 1 aromatic carbocycles. The van der Waals surface area contributed by atoms with Gasteiger partial charge in [-0.15, -0.1) is 0 Å². The van der Waals surface area contributed by atoms with Gasteiger partial charge in [0.15, 0.2) is 0 Å². The van der Waals surface area contributed by atoms with Gasteiger partial charge in [-0.2, -0.15) is 0 Å². The lowest BCUT2D eigenvalue weighted by Gasteiger charge is -2.38. The quantitative estimate of drug-likeness (QED) is 0.857. The van der Waals surface area contributed by atoms with Gasteiger partial charge in [0.2, 0.25) is 0 Å². The molecule has 1 aliphatic rings. The lowest BCUT2D eigenvalue weighted by atomic mass is 10.1. The molecule has 110 valence electrons. The number of aromatic hydroxyl groups is 1. The molecule has 1 amide bonds. The molecule has 0 aromatic heterocycles. The van der Waals surface area contributed by atoms with Gasteiger partial charge in [-0.3, -0.25) is 9.69 Å². The van der Waals surface area contributed by atoms with Crippen LogP contribution in [-0.2, 0) is 0 Å². The van der Waals surface area contributed by atoms with Gasteiger partial charge in [-0.1, -0.05) is 19.1 Å². The largest absolute Gasteiger partial charge is 0.507 e. The number of nitrogens with zero attached hydrogens (tertiary/aromatic N) is 2. The van der Waals surface area contributed by atoms with Crippen LogP contribution in [0.25, 0.3) is 0 Å². The Kier molecular flexibility index (Phi) is 4.98. The highest BCUT2D eigenvalue weighted by molar-refractivity contribution is 5.96. The molecule has 0 aliphatic carbocycles. The van der Waals surface area contributed by atoms with E-state index in [-0.39, 0.29) is 11.7 Å². The number of piperazine rings is 1. The van der Waals surface area contributed by atoms with E-state index in [1.807, 2.05) is 0 Å². The van der Waals surface area contributed by atoms with Gasteiger partial charge >= 0.3 is 0 Å². The van der Waals surface area contributed by atoms with Crippen LogP contribution in [0.2, 0.25) is 0 Å². The van der Waals surface area contributed by atoms with Crippen molar-refractivity contribution in [3.63, 3.8) is 0 Å². The molecule has 1 heterocycles. The fraction of sp³-hybridized carbons (Fsp3) is 0.533. The number of para-hydroxylation sites is 1. The molecule has 1 atom stereocenters. The maximum Gasteiger partial charge on any atom is 0.257 e. The summed E-state index contributed by atoms with van der Waals surface area (Å²) in [4.78, 5) is 16.5. The number of benzene rings is 1. The summed E-state index contributed by atoms with van der Waals surface area (Å²) < 4.78 is 0. The Labute approximate surface area is 120 Å². The van der Waals surface area contributed by atoms with Crippen LogP contribution in [0.4, 0.5) is 0 Å². The number of phenols is 1. The first kappa shape index (κ1) is 14.8. The predicted octanol–water partition coefficient (Wildman–Crippen LogP) is 0.887. The molecule has 20 heavy (non-hydrogen) atoms. The number of nitrogens with two attached hydrogens (primary N) is 1. The van der Waals surface area contributed by atoms with Crippen LogP contribution in [0.15, 0.2) is 24.3 Å². The van der Waals surface area contributed by atoms with E-state index in [1.165, 1.54) is 0 Å². The Morgan fingerprint density at radius 1 is 1.30 bits per heavy atom. The van der Waals surface area contributed by atoms with Gasteiger partial charge in [-0.05, 0) is 18.6 Å². The Hall–Kier alpha value is -1.59. The van der Waals surface area contributed by atoms with Gasteiger partial charge in [-0.25, -0.2) is 0 Å². The molecule has 1 aliphatic heterocycles. The van der Waals surface area contributed by atoms with E-state index in [1.54, 1.807) is 29.2 Å². The highest BCUT2D eigenvalue weighted by Crippen LogP contribution is 2.19. The zero-order chi connectivity index (χ0) is 14.5. The summed E-state index contributed by atoms with van der Waals surface area (Å²) in [6, 6.07) is 7.10. The molecule has 0 saturated carbocycles. The Balaban J connectivity index is 1.97. The molecule has 1 aromatic rings. The normalized spacial score (nSPS) is 18.0. The number of hydrogen-bond donors (Lipinski definition) is 2. The van der Waals surface area contributed by atoms with Crippen molar-refractivity contribution in [1.29, 1.82) is 0 Å².